The highest BCUT2D eigenvalue weighted by Gasteiger charge is 2.56. The van der Waals surface area contributed by atoms with Crippen LogP contribution in [0.15, 0.2) is 42.3 Å². The fraction of sp³-hybridized carbons (Fsp3) is 0.615. The molecule has 0 radical (unpaired) electrons. The molecule has 5 rings (SSSR count). The van der Waals surface area contributed by atoms with Gasteiger partial charge in [0.1, 0.15) is 0 Å². The summed E-state index contributed by atoms with van der Waals surface area (Å²) in [6.45, 7) is 5.00. The van der Waals surface area contributed by atoms with Crippen molar-refractivity contribution in [2.45, 2.75) is 65.2 Å². The minimum Gasteiger partial charge on any atom is -0.481 e. The molecule has 29 heavy (non-hydrogen) atoms. The van der Waals surface area contributed by atoms with Crippen LogP contribution in [0.25, 0.3) is 5.57 Å². The Morgan fingerprint density at radius 1 is 1.14 bits per heavy atom. The molecule has 3 heteroatoms. The van der Waals surface area contributed by atoms with Gasteiger partial charge in [0, 0.05) is 18.8 Å². The van der Waals surface area contributed by atoms with Crippen molar-refractivity contribution in [1.29, 1.82) is 0 Å². The minimum absolute atomic E-state index is 0.270. The van der Waals surface area contributed by atoms with E-state index in [9.17, 15) is 9.90 Å². The number of aromatic nitrogens is 1. The van der Waals surface area contributed by atoms with Gasteiger partial charge < -0.3 is 5.11 Å². The summed E-state index contributed by atoms with van der Waals surface area (Å²) in [6, 6.07) is 4.28. The van der Waals surface area contributed by atoms with E-state index in [1.807, 2.05) is 12.4 Å². The van der Waals surface area contributed by atoms with Crippen molar-refractivity contribution in [2.75, 3.05) is 0 Å². The molecule has 0 saturated heterocycles. The number of hydrogen-bond acceptors (Lipinski definition) is 2. The number of carboxylic acid groups (broad SMARTS) is 1. The molecule has 4 unspecified atom stereocenters. The number of aliphatic carboxylic acids is 1. The molecule has 6 atom stereocenters. The Labute approximate surface area is 174 Å². The lowest BCUT2D eigenvalue weighted by molar-refractivity contribution is -0.138. The highest BCUT2D eigenvalue weighted by molar-refractivity contribution is 5.72. The van der Waals surface area contributed by atoms with Gasteiger partial charge in [0.05, 0.1) is 0 Å². The molecule has 0 aromatic carbocycles. The van der Waals surface area contributed by atoms with Crippen LogP contribution in [-0.4, -0.2) is 16.1 Å². The Hall–Kier alpha value is -1.90. The van der Waals surface area contributed by atoms with Gasteiger partial charge >= 0.3 is 5.97 Å². The van der Waals surface area contributed by atoms with Crippen LogP contribution < -0.4 is 0 Å². The second-order valence-corrected chi connectivity index (χ2v) is 10.5. The van der Waals surface area contributed by atoms with Gasteiger partial charge in [-0.1, -0.05) is 37.6 Å². The first-order valence-electron chi connectivity index (χ1n) is 11.4. The Morgan fingerprint density at radius 2 is 1.97 bits per heavy atom. The summed E-state index contributed by atoms with van der Waals surface area (Å²) < 4.78 is 0. The number of nitrogens with zero attached hydrogens (tertiary/aromatic N) is 1. The standard InChI is InChI=1S/C26H33NO2/c1-25-11-9-17(15-24(28)29)14-19(25)5-6-20-22-8-7-21(18-4-3-13-27-16-18)26(22,2)12-10-23(20)25/h3-5,7,13,16-17,20,22-23H,6,8-12,14-15H2,1-2H3,(H,28,29)/t17?,20?,22?,23?,25-,26+/m0/s1. The summed E-state index contributed by atoms with van der Waals surface area (Å²) in [7, 11) is 0. The van der Waals surface area contributed by atoms with Gasteiger partial charge in [-0.05, 0) is 96.7 Å². The number of carboxylic acids is 1. The lowest BCUT2D eigenvalue weighted by atomic mass is 9.47. The lowest BCUT2D eigenvalue weighted by Crippen LogP contribution is -2.49. The van der Waals surface area contributed by atoms with Crippen molar-refractivity contribution in [3.05, 3.63) is 47.8 Å². The zero-order chi connectivity index (χ0) is 20.2. The molecular weight excluding hydrogens is 358 g/mol. The van der Waals surface area contributed by atoms with Crippen molar-refractivity contribution < 1.29 is 9.90 Å². The Kier molecular flexibility index (Phi) is 4.49. The number of allylic oxidation sites excluding steroid dienone is 4. The fourth-order valence-corrected chi connectivity index (χ4v) is 7.69. The van der Waals surface area contributed by atoms with Crippen LogP contribution in [0.3, 0.4) is 0 Å². The van der Waals surface area contributed by atoms with Crippen LogP contribution in [0, 0.1) is 34.5 Å². The molecule has 4 aliphatic carbocycles. The molecule has 0 spiro atoms. The van der Waals surface area contributed by atoms with E-state index in [0.717, 1.165) is 30.6 Å². The van der Waals surface area contributed by atoms with Gasteiger partial charge in [0.15, 0.2) is 0 Å². The number of pyridine rings is 1. The Balaban J connectivity index is 1.41. The quantitative estimate of drug-likeness (QED) is 0.631. The van der Waals surface area contributed by atoms with E-state index in [0.29, 0.717) is 12.3 Å². The zero-order valence-corrected chi connectivity index (χ0v) is 17.7. The fourth-order valence-electron chi connectivity index (χ4n) is 7.69. The smallest absolute Gasteiger partial charge is 0.303 e. The van der Waals surface area contributed by atoms with Gasteiger partial charge in [-0.3, -0.25) is 9.78 Å². The van der Waals surface area contributed by atoms with Crippen molar-refractivity contribution in [1.82, 2.24) is 4.98 Å². The van der Waals surface area contributed by atoms with Gasteiger partial charge in [-0.15, -0.1) is 0 Å². The molecular formula is C26H33NO2. The number of hydrogen-bond donors (Lipinski definition) is 1. The predicted molar refractivity (Wildman–Crippen MR) is 115 cm³/mol. The van der Waals surface area contributed by atoms with Gasteiger partial charge in [-0.2, -0.15) is 0 Å². The number of carbonyl (C=O) groups is 1. The Bertz CT molecular complexity index is 872. The summed E-state index contributed by atoms with van der Waals surface area (Å²) in [5.74, 6) is 1.93. The topological polar surface area (TPSA) is 50.2 Å². The predicted octanol–water partition coefficient (Wildman–Crippen LogP) is 6.13. The summed E-state index contributed by atoms with van der Waals surface area (Å²) in [5.41, 5.74) is 4.98. The summed E-state index contributed by atoms with van der Waals surface area (Å²) in [6.07, 6.45) is 17.5. The van der Waals surface area contributed by atoms with E-state index >= 15 is 0 Å². The molecule has 1 aromatic rings. The highest BCUT2D eigenvalue weighted by Crippen LogP contribution is 2.66. The second kappa shape index (κ2) is 6.82. The van der Waals surface area contributed by atoms with E-state index < -0.39 is 5.97 Å². The maximum absolute atomic E-state index is 11.2. The van der Waals surface area contributed by atoms with Gasteiger partial charge in [0.2, 0.25) is 0 Å². The monoisotopic (exact) mass is 391 g/mol. The van der Waals surface area contributed by atoms with E-state index in [4.69, 9.17) is 0 Å². The van der Waals surface area contributed by atoms with Crippen molar-refractivity contribution in [3.8, 4) is 0 Å². The van der Waals surface area contributed by atoms with Gasteiger partial charge in [0.25, 0.3) is 0 Å². The van der Waals surface area contributed by atoms with Crippen molar-refractivity contribution in [2.24, 2.45) is 34.5 Å². The molecule has 3 nitrogen and oxygen atoms in total. The maximum Gasteiger partial charge on any atom is 0.303 e. The van der Waals surface area contributed by atoms with E-state index in [2.05, 4.69) is 43.1 Å². The van der Waals surface area contributed by atoms with Crippen LogP contribution in [0.5, 0.6) is 0 Å². The molecule has 0 amide bonds. The second-order valence-electron chi connectivity index (χ2n) is 10.5. The molecule has 0 bridgehead atoms. The zero-order valence-electron chi connectivity index (χ0n) is 17.7. The summed E-state index contributed by atoms with van der Waals surface area (Å²) in [5, 5.41) is 9.23. The van der Waals surface area contributed by atoms with Gasteiger partial charge in [-0.25, -0.2) is 0 Å². The van der Waals surface area contributed by atoms with E-state index in [-0.39, 0.29) is 10.8 Å². The molecule has 1 N–H and O–H groups in total. The largest absolute Gasteiger partial charge is 0.481 e. The third-order valence-corrected chi connectivity index (χ3v) is 9.22. The van der Waals surface area contributed by atoms with Crippen molar-refractivity contribution >= 4 is 11.5 Å². The molecule has 2 fully saturated rings. The molecule has 0 aliphatic heterocycles. The lowest BCUT2D eigenvalue weighted by Gasteiger charge is -2.58. The average Bonchev–Trinajstić information content (AvgIpc) is 3.06. The number of fused-ring (bicyclic) bond motifs is 5. The third kappa shape index (κ3) is 2.92. The minimum atomic E-state index is -0.638. The van der Waals surface area contributed by atoms with E-state index in [1.54, 1.807) is 5.57 Å². The van der Waals surface area contributed by atoms with Crippen molar-refractivity contribution in [3.63, 3.8) is 0 Å². The molecule has 1 aromatic heterocycles. The molecule has 154 valence electrons. The molecule has 1 heterocycles. The highest BCUT2D eigenvalue weighted by atomic mass is 16.4. The van der Waals surface area contributed by atoms with Crippen LogP contribution in [0.1, 0.15) is 70.8 Å². The molecule has 2 saturated carbocycles. The van der Waals surface area contributed by atoms with Crippen LogP contribution in [-0.2, 0) is 4.79 Å². The first kappa shape index (κ1) is 19.1. The normalized spacial score (nSPS) is 40.9. The first-order valence-corrected chi connectivity index (χ1v) is 11.4. The summed E-state index contributed by atoms with van der Waals surface area (Å²) >= 11 is 0. The van der Waals surface area contributed by atoms with Crippen LogP contribution in [0.4, 0.5) is 0 Å². The first-order chi connectivity index (χ1) is 13.9. The molecule has 4 aliphatic rings. The Morgan fingerprint density at radius 3 is 2.72 bits per heavy atom. The SMILES string of the molecule is C[C@]12CCC(CC(=O)O)CC1=CCC1C2CC[C@]2(C)C(c3cccnc3)=CCC12. The van der Waals surface area contributed by atoms with Crippen LogP contribution >= 0.6 is 0 Å². The maximum atomic E-state index is 11.2. The van der Waals surface area contributed by atoms with E-state index in [1.165, 1.54) is 43.2 Å². The average molecular weight is 392 g/mol. The third-order valence-electron chi connectivity index (χ3n) is 9.22. The van der Waals surface area contributed by atoms with Crippen LogP contribution in [0.2, 0.25) is 0 Å². The number of rotatable bonds is 3. The summed E-state index contributed by atoms with van der Waals surface area (Å²) in [4.78, 5) is 15.6.